The molecular formula is C21H31N3O3. The second-order valence-corrected chi connectivity index (χ2v) is 7.96. The number of aliphatic imine (C=N–C) groups is 1. The molecule has 0 aromatic rings. The molecule has 0 radical (unpaired) electrons. The number of ether oxygens (including phenoxy) is 1. The van der Waals surface area contributed by atoms with E-state index in [-0.39, 0.29) is 5.91 Å². The lowest BCUT2D eigenvalue weighted by Crippen LogP contribution is -2.52. The number of likely N-dealkylation sites (tertiary alicyclic amines) is 1. The van der Waals surface area contributed by atoms with E-state index in [2.05, 4.69) is 11.6 Å². The van der Waals surface area contributed by atoms with Gasteiger partial charge < -0.3 is 15.4 Å². The van der Waals surface area contributed by atoms with Gasteiger partial charge in [-0.3, -0.25) is 9.59 Å². The molecule has 27 heavy (non-hydrogen) atoms. The summed E-state index contributed by atoms with van der Waals surface area (Å²) in [4.78, 5) is 30.9. The zero-order chi connectivity index (χ0) is 19.4. The first-order valence-corrected chi connectivity index (χ1v) is 10.1. The highest BCUT2D eigenvalue weighted by Gasteiger charge is 2.33. The fourth-order valence-electron chi connectivity index (χ4n) is 3.57. The number of nitrogens with two attached hydrogens (primary N) is 1. The van der Waals surface area contributed by atoms with Crippen LogP contribution >= 0.6 is 0 Å². The highest BCUT2D eigenvalue weighted by Crippen LogP contribution is 2.41. The summed E-state index contributed by atoms with van der Waals surface area (Å²) < 4.78 is 6.05. The van der Waals surface area contributed by atoms with E-state index in [1.807, 2.05) is 6.08 Å². The molecule has 2 N–H and O–H groups in total. The van der Waals surface area contributed by atoms with Crippen LogP contribution in [0.25, 0.3) is 0 Å². The minimum atomic E-state index is -0.535. The largest absolute Gasteiger partial charge is 0.477 e. The Hall–Kier alpha value is -2.11. The van der Waals surface area contributed by atoms with Crippen molar-refractivity contribution in [3.05, 3.63) is 24.1 Å². The Kier molecular flexibility index (Phi) is 6.34. The van der Waals surface area contributed by atoms with Gasteiger partial charge in [0.15, 0.2) is 0 Å². The Balaban J connectivity index is 1.81. The standard InChI is InChI=1S/C21H31N3O3/c1-3-6-17(16-10-11-16)20(27-13-15-8-9-15)23-14(2)21(26)24-12-5-4-7-18(24)19(22)25/h3,15-16,18H,1,4-13H2,2H3,(H2,22,25)/b20-17-,23-14?/t18-/m1/s1. The fraction of sp³-hybridized carbons (Fsp3) is 0.667. The predicted octanol–water partition coefficient (Wildman–Crippen LogP) is 2.94. The summed E-state index contributed by atoms with van der Waals surface area (Å²) in [6, 6.07) is -0.535. The molecule has 2 aliphatic carbocycles. The summed E-state index contributed by atoms with van der Waals surface area (Å²) in [5.41, 5.74) is 7.00. The van der Waals surface area contributed by atoms with E-state index in [1.54, 1.807) is 11.8 Å². The third-order valence-corrected chi connectivity index (χ3v) is 5.53. The number of allylic oxidation sites excluding steroid dienone is 2. The molecule has 1 heterocycles. The van der Waals surface area contributed by atoms with Gasteiger partial charge in [0.1, 0.15) is 11.8 Å². The number of hydrogen-bond acceptors (Lipinski definition) is 4. The van der Waals surface area contributed by atoms with Gasteiger partial charge in [-0.15, -0.1) is 6.58 Å². The minimum absolute atomic E-state index is 0.222. The maximum Gasteiger partial charge on any atom is 0.268 e. The van der Waals surface area contributed by atoms with Gasteiger partial charge in [0, 0.05) is 6.54 Å². The molecule has 0 aromatic heterocycles. The van der Waals surface area contributed by atoms with Crippen molar-refractivity contribution in [3.8, 4) is 0 Å². The number of hydrogen-bond donors (Lipinski definition) is 1. The van der Waals surface area contributed by atoms with Crippen molar-refractivity contribution in [2.45, 2.75) is 64.3 Å². The van der Waals surface area contributed by atoms with Crippen molar-refractivity contribution in [3.63, 3.8) is 0 Å². The molecule has 0 unspecified atom stereocenters. The van der Waals surface area contributed by atoms with Crippen molar-refractivity contribution in [1.82, 2.24) is 4.90 Å². The van der Waals surface area contributed by atoms with E-state index in [9.17, 15) is 9.59 Å². The predicted molar refractivity (Wildman–Crippen MR) is 105 cm³/mol. The molecule has 2 saturated carbocycles. The normalized spacial score (nSPS) is 24.3. The topological polar surface area (TPSA) is 85.0 Å². The number of amides is 2. The van der Waals surface area contributed by atoms with Gasteiger partial charge in [0.2, 0.25) is 11.8 Å². The van der Waals surface area contributed by atoms with E-state index < -0.39 is 11.9 Å². The molecule has 1 saturated heterocycles. The molecule has 1 atom stereocenters. The number of rotatable bonds is 9. The highest BCUT2D eigenvalue weighted by molar-refractivity contribution is 6.38. The van der Waals surface area contributed by atoms with Gasteiger partial charge in [-0.05, 0) is 75.7 Å². The second kappa shape index (κ2) is 8.72. The third kappa shape index (κ3) is 5.21. The Morgan fingerprint density at radius 2 is 1.96 bits per heavy atom. The van der Waals surface area contributed by atoms with Crippen LogP contribution in [0.2, 0.25) is 0 Å². The summed E-state index contributed by atoms with van der Waals surface area (Å²) in [6.07, 6.45) is 9.68. The summed E-state index contributed by atoms with van der Waals surface area (Å²) in [6.45, 7) is 6.75. The Labute approximate surface area is 161 Å². The third-order valence-electron chi connectivity index (χ3n) is 5.53. The van der Waals surface area contributed by atoms with Crippen molar-refractivity contribution in [2.24, 2.45) is 22.6 Å². The smallest absolute Gasteiger partial charge is 0.268 e. The first kappa shape index (κ1) is 19.6. The summed E-state index contributed by atoms with van der Waals surface area (Å²) >= 11 is 0. The van der Waals surface area contributed by atoms with E-state index in [4.69, 9.17) is 10.5 Å². The van der Waals surface area contributed by atoms with Gasteiger partial charge in [-0.2, -0.15) is 0 Å². The number of primary amides is 1. The van der Waals surface area contributed by atoms with Gasteiger partial charge >= 0.3 is 0 Å². The molecule has 0 aromatic carbocycles. The van der Waals surface area contributed by atoms with Gasteiger partial charge in [-0.1, -0.05) is 6.08 Å². The maximum absolute atomic E-state index is 13.0. The fourth-order valence-corrected chi connectivity index (χ4v) is 3.57. The molecule has 6 heteroatoms. The molecule has 3 fully saturated rings. The van der Waals surface area contributed by atoms with Gasteiger partial charge in [-0.25, -0.2) is 4.99 Å². The monoisotopic (exact) mass is 373 g/mol. The van der Waals surface area contributed by atoms with Crippen molar-refractivity contribution in [1.29, 1.82) is 0 Å². The van der Waals surface area contributed by atoms with Crippen LogP contribution in [0.15, 0.2) is 29.1 Å². The van der Waals surface area contributed by atoms with E-state index >= 15 is 0 Å². The van der Waals surface area contributed by atoms with Gasteiger partial charge in [0.25, 0.3) is 5.91 Å². The first-order valence-electron chi connectivity index (χ1n) is 10.1. The molecule has 6 nitrogen and oxygen atoms in total. The van der Waals surface area contributed by atoms with E-state index in [1.165, 1.54) is 12.8 Å². The average molecular weight is 373 g/mol. The zero-order valence-electron chi connectivity index (χ0n) is 16.3. The number of carbonyl (C=O) groups excluding carboxylic acids is 2. The number of nitrogens with zero attached hydrogens (tertiary/aromatic N) is 2. The lowest BCUT2D eigenvalue weighted by molar-refractivity contribution is -0.136. The van der Waals surface area contributed by atoms with Crippen LogP contribution in [0.5, 0.6) is 0 Å². The van der Waals surface area contributed by atoms with Crippen molar-refractivity contribution in [2.75, 3.05) is 13.2 Å². The van der Waals surface area contributed by atoms with Crippen LogP contribution in [-0.4, -0.2) is 41.6 Å². The van der Waals surface area contributed by atoms with E-state index in [0.717, 1.165) is 37.7 Å². The van der Waals surface area contributed by atoms with Gasteiger partial charge in [0.05, 0.1) is 6.61 Å². The summed E-state index contributed by atoms with van der Waals surface area (Å²) in [5.74, 6) is 1.01. The number of piperidine rings is 1. The van der Waals surface area contributed by atoms with Crippen LogP contribution in [0, 0.1) is 11.8 Å². The Bertz CT molecular complexity index is 660. The van der Waals surface area contributed by atoms with Crippen LogP contribution in [0.1, 0.15) is 58.3 Å². The minimum Gasteiger partial charge on any atom is -0.477 e. The first-order chi connectivity index (χ1) is 13.0. The molecule has 3 aliphatic rings. The molecular weight excluding hydrogens is 342 g/mol. The highest BCUT2D eigenvalue weighted by atomic mass is 16.5. The number of carbonyl (C=O) groups is 2. The maximum atomic E-state index is 13.0. The van der Waals surface area contributed by atoms with Crippen LogP contribution in [0.3, 0.4) is 0 Å². The summed E-state index contributed by atoms with van der Waals surface area (Å²) in [5, 5.41) is 0. The van der Waals surface area contributed by atoms with E-state index in [0.29, 0.717) is 43.0 Å². The molecule has 2 amide bonds. The summed E-state index contributed by atoms with van der Waals surface area (Å²) in [7, 11) is 0. The second-order valence-electron chi connectivity index (χ2n) is 7.96. The van der Waals surface area contributed by atoms with Crippen molar-refractivity contribution < 1.29 is 14.3 Å². The SMILES string of the molecule is C=CC/C(=C(\N=C(C)C(=O)N1CCCC[C@@H]1C(N)=O)OCC1CC1)C1CC1. The molecule has 1 aliphatic heterocycles. The lowest BCUT2D eigenvalue weighted by atomic mass is 10.0. The Morgan fingerprint density at radius 3 is 2.56 bits per heavy atom. The van der Waals surface area contributed by atoms with Crippen LogP contribution < -0.4 is 5.73 Å². The van der Waals surface area contributed by atoms with Crippen LogP contribution in [-0.2, 0) is 14.3 Å². The Morgan fingerprint density at radius 1 is 1.22 bits per heavy atom. The molecule has 0 spiro atoms. The zero-order valence-corrected chi connectivity index (χ0v) is 16.3. The molecule has 0 bridgehead atoms. The average Bonchev–Trinajstić information content (AvgIpc) is 3.56. The molecule has 3 rings (SSSR count). The molecule has 148 valence electrons. The van der Waals surface area contributed by atoms with Crippen molar-refractivity contribution >= 4 is 17.5 Å². The van der Waals surface area contributed by atoms with Crippen LogP contribution in [0.4, 0.5) is 0 Å². The quantitative estimate of drug-likeness (QED) is 0.383. The lowest BCUT2D eigenvalue weighted by Gasteiger charge is -2.33.